The molecule has 4 rings (SSSR count). The molecule has 2 atom stereocenters. The zero-order chi connectivity index (χ0) is 21.5. The summed E-state index contributed by atoms with van der Waals surface area (Å²) in [5.41, 5.74) is 3.27. The number of oxime groups is 1. The van der Waals surface area contributed by atoms with Crippen LogP contribution in [0.25, 0.3) is 6.08 Å². The van der Waals surface area contributed by atoms with E-state index in [9.17, 15) is 4.79 Å². The van der Waals surface area contributed by atoms with Crippen molar-refractivity contribution in [3.63, 3.8) is 0 Å². The molecule has 2 aliphatic carbocycles. The number of carbonyl (C=O) groups is 1. The highest BCUT2D eigenvalue weighted by atomic mass is 35.5. The predicted molar refractivity (Wildman–Crippen MR) is 120 cm³/mol. The predicted octanol–water partition coefficient (Wildman–Crippen LogP) is 6.40. The van der Waals surface area contributed by atoms with Crippen LogP contribution in [0.4, 0.5) is 0 Å². The Morgan fingerprint density at radius 2 is 1.83 bits per heavy atom. The monoisotopic (exact) mass is 423 g/mol. The third kappa shape index (κ3) is 3.24. The second-order valence-electron chi connectivity index (χ2n) is 8.82. The molecule has 156 valence electrons. The van der Waals surface area contributed by atoms with Crippen LogP contribution in [-0.4, -0.2) is 18.8 Å². The smallest absolute Gasteiger partial charge is 0.367 e. The van der Waals surface area contributed by atoms with Gasteiger partial charge in [0.25, 0.3) is 0 Å². The Morgan fingerprint density at radius 1 is 1.13 bits per heavy atom. The van der Waals surface area contributed by atoms with Gasteiger partial charge in [-0.15, -0.1) is 0 Å². The molecular weight excluding hydrogens is 398 g/mol. The van der Waals surface area contributed by atoms with Gasteiger partial charge in [0.15, 0.2) is 0 Å². The number of carbonyl (C=O) groups excluding carboxylic acids is 1. The van der Waals surface area contributed by atoms with Crippen molar-refractivity contribution in [1.82, 2.24) is 0 Å². The molecule has 0 N–H and O–H groups in total. The third-order valence-electron chi connectivity index (χ3n) is 7.15. The van der Waals surface area contributed by atoms with Crippen molar-refractivity contribution in [3.8, 4) is 5.75 Å². The number of rotatable bonds is 4. The molecule has 2 bridgehead atoms. The number of allylic oxidation sites excluding steroid dienone is 1. The lowest BCUT2D eigenvalue weighted by atomic mass is 9.70. The number of ether oxygens (including phenoxy) is 1. The average Bonchev–Trinajstić information content (AvgIpc) is 3.05. The van der Waals surface area contributed by atoms with Crippen LogP contribution in [0.2, 0.25) is 5.02 Å². The highest BCUT2D eigenvalue weighted by Gasteiger charge is 2.63. The minimum atomic E-state index is -0.541. The molecule has 2 aliphatic rings. The molecule has 30 heavy (non-hydrogen) atoms. The highest BCUT2D eigenvalue weighted by molar-refractivity contribution is 6.33. The Labute approximate surface area is 182 Å². The van der Waals surface area contributed by atoms with Crippen LogP contribution < -0.4 is 4.74 Å². The van der Waals surface area contributed by atoms with E-state index in [0.29, 0.717) is 16.5 Å². The van der Waals surface area contributed by atoms with E-state index in [4.69, 9.17) is 21.2 Å². The molecule has 5 heteroatoms. The summed E-state index contributed by atoms with van der Waals surface area (Å²) in [5, 5.41) is 4.78. The number of halogens is 1. The summed E-state index contributed by atoms with van der Waals surface area (Å²) in [6, 6.07) is 14.8. The molecule has 0 radical (unpaired) electrons. The molecule has 2 aromatic carbocycles. The second-order valence-corrected chi connectivity index (χ2v) is 9.22. The number of benzene rings is 2. The quantitative estimate of drug-likeness (QED) is 0.422. The van der Waals surface area contributed by atoms with Crippen LogP contribution in [0.3, 0.4) is 0 Å². The van der Waals surface area contributed by atoms with E-state index in [1.807, 2.05) is 24.3 Å². The molecule has 0 amide bonds. The van der Waals surface area contributed by atoms with E-state index >= 15 is 0 Å². The van der Waals surface area contributed by atoms with Crippen LogP contribution in [0.1, 0.15) is 49.5 Å². The first kappa shape index (κ1) is 20.7. The summed E-state index contributed by atoms with van der Waals surface area (Å²) in [6.07, 6.45) is 4.29. The molecular formula is C25H26ClNO3. The summed E-state index contributed by atoms with van der Waals surface area (Å²) in [6.45, 7) is 6.79. The fourth-order valence-electron chi connectivity index (χ4n) is 4.92. The molecule has 0 saturated heterocycles. The summed E-state index contributed by atoms with van der Waals surface area (Å²) in [7, 11) is 1.66. The lowest BCUT2D eigenvalue weighted by Gasteiger charge is -2.33. The molecule has 2 saturated carbocycles. The first-order chi connectivity index (χ1) is 14.3. The Bertz CT molecular complexity index is 1040. The van der Waals surface area contributed by atoms with Gasteiger partial charge in [0.1, 0.15) is 5.75 Å². The van der Waals surface area contributed by atoms with Crippen molar-refractivity contribution in [3.05, 3.63) is 70.3 Å². The zero-order valence-electron chi connectivity index (χ0n) is 17.7. The second kappa shape index (κ2) is 7.59. The maximum absolute atomic E-state index is 12.6. The normalized spacial score (nSPS) is 26.9. The molecule has 0 heterocycles. The number of nitrogens with zero attached hydrogens (tertiary/aromatic N) is 1. The molecule has 2 aromatic rings. The van der Waals surface area contributed by atoms with E-state index < -0.39 is 5.97 Å². The first-order valence-corrected chi connectivity index (χ1v) is 10.6. The summed E-state index contributed by atoms with van der Waals surface area (Å²) < 4.78 is 5.26. The van der Waals surface area contributed by atoms with Crippen LogP contribution in [0.15, 0.2) is 59.3 Å². The Kier molecular flexibility index (Phi) is 5.23. The van der Waals surface area contributed by atoms with Crippen molar-refractivity contribution in [2.24, 2.45) is 21.9 Å². The van der Waals surface area contributed by atoms with E-state index in [2.05, 4.69) is 32.0 Å². The summed E-state index contributed by atoms with van der Waals surface area (Å²) >= 11 is 6.14. The van der Waals surface area contributed by atoms with Crippen molar-refractivity contribution in [2.75, 3.05) is 7.11 Å². The van der Waals surface area contributed by atoms with Crippen LogP contribution in [0, 0.1) is 16.7 Å². The summed E-state index contributed by atoms with van der Waals surface area (Å²) in [5.74, 6) is 0.642. The lowest BCUT2D eigenvalue weighted by molar-refractivity contribution is 0.0509. The largest absolute Gasteiger partial charge is 0.497 e. The van der Waals surface area contributed by atoms with E-state index in [-0.39, 0.29) is 10.8 Å². The maximum atomic E-state index is 12.6. The van der Waals surface area contributed by atoms with E-state index in [1.165, 1.54) is 0 Å². The number of hydrogen-bond donors (Lipinski definition) is 0. The van der Waals surface area contributed by atoms with Crippen LogP contribution in [-0.2, 0) is 4.84 Å². The van der Waals surface area contributed by atoms with Gasteiger partial charge >= 0.3 is 5.97 Å². The third-order valence-corrected chi connectivity index (χ3v) is 7.48. The van der Waals surface area contributed by atoms with Crippen molar-refractivity contribution in [1.29, 1.82) is 0 Å². The van der Waals surface area contributed by atoms with Gasteiger partial charge in [-0.1, -0.05) is 61.8 Å². The van der Waals surface area contributed by atoms with Gasteiger partial charge in [-0.05, 0) is 65.7 Å². The lowest BCUT2D eigenvalue weighted by Crippen LogP contribution is -2.33. The number of methoxy groups -OCH3 is 1. The minimum absolute atomic E-state index is 0.0287. The number of hydrogen-bond acceptors (Lipinski definition) is 4. The van der Waals surface area contributed by atoms with Crippen molar-refractivity contribution >= 4 is 29.4 Å². The van der Waals surface area contributed by atoms with E-state index in [1.54, 1.807) is 31.4 Å². The molecule has 0 aromatic heterocycles. The topological polar surface area (TPSA) is 47.9 Å². The van der Waals surface area contributed by atoms with Crippen LogP contribution >= 0.6 is 11.6 Å². The molecule has 0 aliphatic heterocycles. The maximum Gasteiger partial charge on any atom is 0.367 e. The van der Waals surface area contributed by atoms with Crippen molar-refractivity contribution in [2.45, 2.75) is 33.6 Å². The Morgan fingerprint density at radius 3 is 2.50 bits per heavy atom. The molecule has 0 unspecified atom stereocenters. The SMILES string of the molecule is COc1ccc(/C=C2/C(=N\OC(=O)c3ccccc3Cl)[C@@]3(C)CC[C@H]2C3(C)C)cc1. The molecule has 4 nitrogen and oxygen atoms in total. The van der Waals surface area contributed by atoms with Gasteiger partial charge in [0.2, 0.25) is 0 Å². The first-order valence-electron chi connectivity index (χ1n) is 10.2. The van der Waals surface area contributed by atoms with E-state index in [0.717, 1.165) is 35.4 Å². The van der Waals surface area contributed by atoms with Crippen LogP contribution in [0.5, 0.6) is 5.75 Å². The fraction of sp³-hybridized carbons (Fsp3) is 0.360. The van der Waals surface area contributed by atoms with Gasteiger partial charge in [-0.2, -0.15) is 0 Å². The summed E-state index contributed by atoms with van der Waals surface area (Å²) in [4.78, 5) is 18.0. The zero-order valence-corrected chi connectivity index (χ0v) is 18.5. The van der Waals surface area contributed by atoms with Gasteiger partial charge in [0, 0.05) is 5.41 Å². The highest BCUT2D eigenvalue weighted by Crippen LogP contribution is 2.66. The van der Waals surface area contributed by atoms with Gasteiger partial charge < -0.3 is 9.57 Å². The van der Waals surface area contributed by atoms with Gasteiger partial charge in [-0.3, -0.25) is 0 Å². The molecule has 2 fully saturated rings. The Balaban J connectivity index is 1.71. The molecule has 0 spiro atoms. The van der Waals surface area contributed by atoms with Gasteiger partial charge in [0.05, 0.1) is 23.4 Å². The van der Waals surface area contributed by atoms with Gasteiger partial charge in [-0.25, -0.2) is 4.79 Å². The standard InChI is InChI=1S/C25H26ClNO3/c1-24(2)20-13-14-25(24,3)22(19(20)15-16-9-11-17(29-4)12-10-16)27-30-23(28)18-7-5-6-8-21(18)26/h5-12,15,20H,13-14H2,1-4H3/b19-15+,27-22+/t20-,25-/m1/s1. The number of fused-ring (bicyclic) bond motifs is 2. The average molecular weight is 424 g/mol. The fourth-order valence-corrected chi connectivity index (χ4v) is 5.13. The van der Waals surface area contributed by atoms with Crippen molar-refractivity contribution < 1.29 is 14.4 Å². The minimum Gasteiger partial charge on any atom is -0.497 e. The Hall–Kier alpha value is -2.59.